The standard InChI is InChI=1S/C10H12N2OS/c1-7-4-5-14-9(7)10(13)12(3)8(2)6-11/h4-5,8H,1-3H3. The second-order valence-corrected chi connectivity index (χ2v) is 4.07. The molecule has 0 saturated heterocycles. The molecule has 1 aromatic heterocycles. The fraction of sp³-hybridized carbons (Fsp3) is 0.400. The summed E-state index contributed by atoms with van der Waals surface area (Å²) in [6.45, 7) is 3.61. The van der Waals surface area contributed by atoms with Crippen LogP contribution in [0.15, 0.2) is 11.4 Å². The molecular formula is C10H12N2OS. The molecule has 0 N–H and O–H groups in total. The maximum absolute atomic E-state index is 11.8. The Labute approximate surface area is 87.6 Å². The van der Waals surface area contributed by atoms with Crippen LogP contribution in [0.1, 0.15) is 22.2 Å². The van der Waals surface area contributed by atoms with E-state index in [1.54, 1.807) is 14.0 Å². The monoisotopic (exact) mass is 208 g/mol. The van der Waals surface area contributed by atoms with E-state index in [1.165, 1.54) is 16.2 Å². The number of carbonyl (C=O) groups excluding carboxylic acids is 1. The molecule has 14 heavy (non-hydrogen) atoms. The average molecular weight is 208 g/mol. The van der Waals surface area contributed by atoms with E-state index in [2.05, 4.69) is 0 Å². The Morgan fingerprint density at radius 2 is 2.36 bits per heavy atom. The summed E-state index contributed by atoms with van der Waals surface area (Å²) in [4.78, 5) is 14.0. The lowest BCUT2D eigenvalue weighted by Gasteiger charge is -2.18. The van der Waals surface area contributed by atoms with Crippen LogP contribution in [0.25, 0.3) is 0 Å². The van der Waals surface area contributed by atoms with Gasteiger partial charge in [0, 0.05) is 7.05 Å². The third-order valence-electron chi connectivity index (χ3n) is 2.14. The number of aryl methyl sites for hydroxylation is 1. The molecule has 0 aromatic carbocycles. The van der Waals surface area contributed by atoms with Crippen LogP contribution in [0, 0.1) is 18.3 Å². The predicted molar refractivity (Wildman–Crippen MR) is 56.2 cm³/mol. The maximum Gasteiger partial charge on any atom is 0.264 e. The average Bonchev–Trinajstić information content (AvgIpc) is 2.61. The fourth-order valence-corrected chi connectivity index (χ4v) is 1.92. The van der Waals surface area contributed by atoms with Crippen LogP contribution in [0.5, 0.6) is 0 Å². The summed E-state index contributed by atoms with van der Waals surface area (Å²) in [5.74, 6) is -0.0773. The van der Waals surface area contributed by atoms with Gasteiger partial charge in [-0.25, -0.2) is 0 Å². The Hall–Kier alpha value is -1.34. The largest absolute Gasteiger partial charge is 0.325 e. The van der Waals surface area contributed by atoms with Crippen molar-refractivity contribution in [1.29, 1.82) is 5.26 Å². The van der Waals surface area contributed by atoms with Crippen molar-refractivity contribution in [2.45, 2.75) is 19.9 Å². The van der Waals surface area contributed by atoms with Gasteiger partial charge in [0.2, 0.25) is 0 Å². The topological polar surface area (TPSA) is 44.1 Å². The first kappa shape index (κ1) is 10.7. The lowest BCUT2D eigenvalue weighted by Crippen LogP contribution is -2.33. The molecule has 74 valence electrons. The second kappa shape index (κ2) is 4.25. The number of hydrogen-bond acceptors (Lipinski definition) is 3. The normalized spacial score (nSPS) is 11.9. The predicted octanol–water partition coefficient (Wildman–Crippen LogP) is 2.04. The van der Waals surface area contributed by atoms with Gasteiger partial charge in [0.05, 0.1) is 10.9 Å². The van der Waals surface area contributed by atoms with Crippen LogP contribution in [-0.2, 0) is 0 Å². The molecule has 1 aromatic rings. The highest BCUT2D eigenvalue weighted by Gasteiger charge is 2.19. The molecule has 4 heteroatoms. The fourth-order valence-electron chi connectivity index (χ4n) is 1.01. The number of thiophene rings is 1. The molecule has 0 radical (unpaired) electrons. The van der Waals surface area contributed by atoms with Crippen molar-refractivity contribution in [1.82, 2.24) is 4.90 Å². The summed E-state index contributed by atoms with van der Waals surface area (Å²) < 4.78 is 0. The number of rotatable bonds is 2. The summed E-state index contributed by atoms with van der Waals surface area (Å²) in [5.41, 5.74) is 0.969. The highest BCUT2D eigenvalue weighted by molar-refractivity contribution is 7.12. The van der Waals surface area contributed by atoms with Crippen molar-refractivity contribution in [2.75, 3.05) is 7.05 Å². The van der Waals surface area contributed by atoms with Gasteiger partial charge in [0.25, 0.3) is 5.91 Å². The van der Waals surface area contributed by atoms with Crippen LogP contribution in [0.2, 0.25) is 0 Å². The van der Waals surface area contributed by atoms with Gasteiger partial charge in [0.15, 0.2) is 0 Å². The zero-order chi connectivity index (χ0) is 10.7. The van der Waals surface area contributed by atoms with Gasteiger partial charge in [0.1, 0.15) is 6.04 Å². The minimum Gasteiger partial charge on any atom is -0.325 e. The Morgan fingerprint density at radius 3 is 2.79 bits per heavy atom. The molecular weight excluding hydrogens is 196 g/mol. The minimum absolute atomic E-state index is 0.0773. The van der Waals surface area contributed by atoms with Crippen molar-refractivity contribution in [3.63, 3.8) is 0 Å². The van der Waals surface area contributed by atoms with Crippen LogP contribution < -0.4 is 0 Å². The third kappa shape index (κ3) is 1.94. The molecule has 1 atom stereocenters. The van der Waals surface area contributed by atoms with E-state index in [4.69, 9.17) is 5.26 Å². The van der Waals surface area contributed by atoms with Crippen molar-refractivity contribution >= 4 is 17.2 Å². The Bertz CT molecular complexity index is 378. The molecule has 0 aliphatic rings. The number of nitriles is 1. The summed E-state index contributed by atoms with van der Waals surface area (Å²) in [5, 5.41) is 10.6. The highest BCUT2D eigenvalue weighted by Crippen LogP contribution is 2.18. The first-order chi connectivity index (χ1) is 6.57. The van der Waals surface area contributed by atoms with E-state index in [1.807, 2.05) is 24.4 Å². The molecule has 1 amide bonds. The van der Waals surface area contributed by atoms with E-state index >= 15 is 0 Å². The van der Waals surface area contributed by atoms with Crippen molar-refractivity contribution in [2.24, 2.45) is 0 Å². The third-order valence-corrected chi connectivity index (χ3v) is 3.15. The SMILES string of the molecule is Cc1ccsc1C(=O)N(C)C(C)C#N. The van der Waals surface area contributed by atoms with E-state index in [-0.39, 0.29) is 11.9 Å². The van der Waals surface area contributed by atoms with E-state index in [0.29, 0.717) is 0 Å². The maximum atomic E-state index is 11.8. The summed E-state index contributed by atoms with van der Waals surface area (Å²) in [7, 11) is 1.65. The highest BCUT2D eigenvalue weighted by atomic mass is 32.1. The smallest absolute Gasteiger partial charge is 0.264 e. The lowest BCUT2D eigenvalue weighted by atomic mass is 10.2. The molecule has 0 aliphatic carbocycles. The molecule has 0 aliphatic heterocycles. The first-order valence-electron chi connectivity index (χ1n) is 4.28. The van der Waals surface area contributed by atoms with E-state index in [9.17, 15) is 4.79 Å². The number of amides is 1. The zero-order valence-electron chi connectivity index (χ0n) is 8.44. The summed E-state index contributed by atoms with van der Waals surface area (Å²) in [6, 6.07) is 3.56. The van der Waals surface area contributed by atoms with Gasteiger partial charge >= 0.3 is 0 Å². The van der Waals surface area contributed by atoms with E-state index < -0.39 is 0 Å². The van der Waals surface area contributed by atoms with Crippen LogP contribution in [0.3, 0.4) is 0 Å². The van der Waals surface area contributed by atoms with Gasteiger partial charge in [-0.3, -0.25) is 4.79 Å². The second-order valence-electron chi connectivity index (χ2n) is 3.15. The number of nitrogens with zero attached hydrogens (tertiary/aromatic N) is 2. The summed E-state index contributed by atoms with van der Waals surface area (Å²) in [6.07, 6.45) is 0. The van der Waals surface area contributed by atoms with Crippen molar-refractivity contribution in [3.05, 3.63) is 21.9 Å². The molecule has 0 spiro atoms. The van der Waals surface area contributed by atoms with Gasteiger partial charge in [-0.05, 0) is 30.9 Å². The van der Waals surface area contributed by atoms with Crippen LogP contribution >= 0.6 is 11.3 Å². The van der Waals surface area contributed by atoms with E-state index in [0.717, 1.165) is 10.4 Å². The molecule has 1 heterocycles. The Kier molecular flexibility index (Phi) is 3.26. The van der Waals surface area contributed by atoms with Crippen molar-refractivity contribution < 1.29 is 4.79 Å². The molecule has 0 saturated carbocycles. The number of hydrogen-bond donors (Lipinski definition) is 0. The number of carbonyl (C=O) groups is 1. The van der Waals surface area contributed by atoms with Gasteiger partial charge in [-0.1, -0.05) is 0 Å². The molecule has 1 unspecified atom stereocenters. The quantitative estimate of drug-likeness (QED) is 0.746. The minimum atomic E-state index is -0.385. The molecule has 0 fully saturated rings. The Balaban J connectivity index is 2.87. The molecule has 0 bridgehead atoms. The Morgan fingerprint density at radius 1 is 1.71 bits per heavy atom. The van der Waals surface area contributed by atoms with Gasteiger partial charge < -0.3 is 4.90 Å². The van der Waals surface area contributed by atoms with Gasteiger partial charge in [-0.2, -0.15) is 5.26 Å². The first-order valence-corrected chi connectivity index (χ1v) is 5.16. The van der Waals surface area contributed by atoms with Crippen LogP contribution in [0.4, 0.5) is 0 Å². The molecule has 3 nitrogen and oxygen atoms in total. The lowest BCUT2D eigenvalue weighted by molar-refractivity contribution is 0.0777. The van der Waals surface area contributed by atoms with Crippen molar-refractivity contribution in [3.8, 4) is 6.07 Å². The van der Waals surface area contributed by atoms with Crippen LogP contribution in [-0.4, -0.2) is 23.9 Å². The summed E-state index contributed by atoms with van der Waals surface area (Å²) >= 11 is 1.41. The zero-order valence-corrected chi connectivity index (χ0v) is 9.26. The molecule has 1 rings (SSSR count). The van der Waals surface area contributed by atoms with Gasteiger partial charge in [-0.15, -0.1) is 11.3 Å².